The van der Waals surface area contributed by atoms with E-state index in [1.54, 1.807) is 18.4 Å². The predicted molar refractivity (Wildman–Crippen MR) is 70.4 cm³/mol. The Labute approximate surface area is 111 Å². The topological polar surface area (TPSA) is 41.6 Å². The van der Waals surface area contributed by atoms with E-state index >= 15 is 0 Å². The van der Waals surface area contributed by atoms with E-state index in [4.69, 9.17) is 4.74 Å². The second-order valence-corrected chi connectivity index (χ2v) is 5.88. The van der Waals surface area contributed by atoms with Crippen molar-refractivity contribution >= 4 is 17.2 Å². The van der Waals surface area contributed by atoms with Gasteiger partial charge in [0.05, 0.1) is 18.7 Å². The van der Waals surface area contributed by atoms with E-state index in [1.165, 1.54) is 12.0 Å². The monoisotopic (exact) mass is 266 g/mol. The molecule has 1 unspecified atom stereocenters. The number of hydrogen-bond donors (Lipinski definition) is 1. The number of ether oxygens (including phenoxy) is 1. The Balaban J connectivity index is 1.77. The molecule has 2 fully saturated rings. The highest BCUT2D eigenvalue weighted by atomic mass is 32.1. The largest absolute Gasteiger partial charge is 0.376 e. The van der Waals surface area contributed by atoms with E-state index in [0.717, 1.165) is 12.8 Å². The summed E-state index contributed by atoms with van der Waals surface area (Å²) in [7, 11) is 1.76. The fraction of sp³-hybridized carbons (Fsp3) is 0.615. The minimum atomic E-state index is -0.101. The van der Waals surface area contributed by atoms with Gasteiger partial charge in [0.2, 0.25) is 5.91 Å². The van der Waals surface area contributed by atoms with Gasteiger partial charge in [0.15, 0.2) is 0 Å². The van der Waals surface area contributed by atoms with Crippen LogP contribution in [0.5, 0.6) is 0 Å². The molecule has 1 aliphatic heterocycles. The van der Waals surface area contributed by atoms with Crippen molar-refractivity contribution in [3.63, 3.8) is 0 Å². The molecule has 0 radical (unpaired) electrons. The predicted octanol–water partition coefficient (Wildman–Crippen LogP) is 1.75. The van der Waals surface area contributed by atoms with Crippen molar-refractivity contribution < 1.29 is 9.53 Å². The molecular formula is C13H18N2O2S. The highest BCUT2D eigenvalue weighted by Gasteiger charge is 2.43. The first-order valence-corrected chi connectivity index (χ1v) is 7.28. The van der Waals surface area contributed by atoms with Gasteiger partial charge >= 0.3 is 0 Å². The van der Waals surface area contributed by atoms with Crippen molar-refractivity contribution in [1.82, 2.24) is 10.2 Å². The zero-order valence-electron chi connectivity index (χ0n) is 10.5. The van der Waals surface area contributed by atoms with Crippen molar-refractivity contribution in [2.45, 2.75) is 31.0 Å². The normalized spacial score (nSPS) is 26.4. The maximum atomic E-state index is 12.0. The van der Waals surface area contributed by atoms with Crippen LogP contribution in [0.4, 0.5) is 0 Å². The Bertz CT molecular complexity index is 423. The molecule has 1 saturated heterocycles. The zero-order chi connectivity index (χ0) is 12.6. The van der Waals surface area contributed by atoms with Gasteiger partial charge in [-0.05, 0) is 41.7 Å². The quantitative estimate of drug-likeness (QED) is 0.902. The van der Waals surface area contributed by atoms with Gasteiger partial charge in [0.1, 0.15) is 6.17 Å². The minimum absolute atomic E-state index is 0.0244. The zero-order valence-corrected chi connectivity index (χ0v) is 11.3. The number of hydrogen-bond acceptors (Lipinski definition) is 4. The van der Waals surface area contributed by atoms with E-state index in [1.807, 2.05) is 10.3 Å². The third-order valence-corrected chi connectivity index (χ3v) is 4.80. The maximum Gasteiger partial charge on any atom is 0.238 e. The molecule has 1 amide bonds. The lowest BCUT2D eigenvalue weighted by atomic mass is 9.79. The lowest BCUT2D eigenvalue weighted by Gasteiger charge is -2.44. The van der Waals surface area contributed by atoms with Crippen LogP contribution in [0.3, 0.4) is 0 Å². The number of carbonyl (C=O) groups is 1. The van der Waals surface area contributed by atoms with E-state index < -0.39 is 0 Å². The van der Waals surface area contributed by atoms with Gasteiger partial charge in [-0.3, -0.25) is 10.1 Å². The Kier molecular flexibility index (Phi) is 3.13. The summed E-state index contributed by atoms with van der Waals surface area (Å²) in [6, 6.07) is 2.08. The van der Waals surface area contributed by atoms with Crippen LogP contribution >= 0.6 is 11.3 Å². The molecule has 2 aliphatic rings. The van der Waals surface area contributed by atoms with Crippen LogP contribution in [0.25, 0.3) is 0 Å². The summed E-state index contributed by atoms with van der Waals surface area (Å²) in [6.45, 7) is 1.14. The van der Waals surface area contributed by atoms with Crippen molar-refractivity contribution in [3.05, 3.63) is 22.4 Å². The standard InChI is InChI=1S/C13H18N2O2S/c1-17-13(4-2-5-13)9-15-11(16)7-14-12(15)10-3-6-18-8-10/h3,6,8,12,14H,2,4-5,7,9H2,1H3. The van der Waals surface area contributed by atoms with Gasteiger partial charge in [-0.1, -0.05) is 0 Å². The average molecular weight is 266 g/mol. The highest BCUT2D eigenvalue weighted by molar-refractivity contribution is 7.07. The molecule has 1 aromatic rings. The summed E-state index contributed by atoms with van der Waals surface area (Å²) in [6.07, 6.45) is 3.34. The third kappa shape index (κ3) is 1.96. The Hall–Kier alpha value is -0.910. The molecule has 3 rings (SSSR count). The summed E-state index contributed by atoms with van der Waals surface area (Å²) in [5, 5.41) is 7.43. The molecule has 1 N–H and O–H groups in total. The molecule has 0 aromatic carbocycles. The van der Waals surface area contributed by atoms with Gasteiger partial charge in [-0.2, -0.15) is 11.3 Å². The number of rotatable bonds is 4. The number of nitrogens with one attached hydrogen (secondary N) is 1. The average Bonchev–Trinajstić information content (AvgIpc) is 2.94. The van der Waals surface area contributed by atoms with Gasteiger partial charge in [0.25, 0.3) is 0 Å². The lowest BCUT2D eigenvalue weighted by molar-refractivity contribution is -0.138. The minimum Gasteiger partial charge on any atom is -0.376 e. The number of nitrogens with zero attached hydrogens (tertiary/aromatic N) is 1. The van der Waals surface area contributed by atoms with Crippen LogP contribution in [0, 0.1) is 0 Å². The molecule has 18 heavy (non-hydrogen) atoms. The van der Waals surface area contributed by atoms with Crippen molar-refractivity contribution in [2.24, 2.45) is 0 Å². The van der Waals surface area contributed by atoms with Gasteiger partial charge < -0.3 is 9.64 Å². The van der Waals surface area contributed by atoms with E-state index in [2.05, 4.69) is 16.8 Å². The van der Waals surface area contributed by atoms with Crippen LogP contribution in [0.1, 0.15) is 31.0 Å². The van der Waals surface area contributed by atoms with Crippen molar-refractivity contribution in [2.75, 3.05) is 20.2 Å². The molecule has 0 spiro atoms. The van der Waals surface area contributed by atoms with E-state index in [-0.39, 0.29) is 17.7 Å². The van der Waals surface area contributed by atoms with E-state index in [0.29, 0.717) is 13.1 Å². The number of amides is 1. The van der Waals surface area contributed by atoms with Crippen LogP contribution in [-0.2, 0) is 9.53 Å². The summed E-state index contributed by atoms with van der Waals surface area (Å²) >= 11 is 1.66. The smallest absolute Gasteiger partial charge is 0.238 e. The van der Waals surface area contributed by atoms with Crippen LogP contribution < -0.4 is 5.32 Å². The number of methoxy groups -OCH3 is 1. The summed E-state index contributed by atoms with van der Waals surface area (Å²) < 4.78 is 5.63. The molecule has 2 heterocycles. The molecule has 4 nitrogen and oxygen atoms in total. The molecule has 0 bridgehead atoms. The highest BCUT2D eigenvalue weighted by Crippen LogP contribution is 2.38. The molecule has 5 heteroatoms. The van der Waals surface area contributed by atoms with Crippen molar-refractivity contribution in [3.8, 4) is 0 Å². The van der Waals surface area contributed by atoms with Crippen LogP contribution in [0.2, 0.25) is 0 Å². The first-order chi connectivity index (χ1) is 8.74. The third-order valence-electron chi connectivity index (χ3n) is 4.09. The number of thiophene rings is 1. The second kappa shape index (κ2) is 4.64. The first-order valence-electron chi connectivity index (χ1n) is 6.34. The summed E-state index contributed by atoms with van der Waals surface area (Å²) in [5.41, 5.74) is 1.08. The van der Waals surface area contributed by atoms with Gasteiger partial charge in [-0.25, -0.2) is 0 Å². The van der Waals surface area contributed by atoms with Gasteiger partial charge in [0, 0.05) is 7.11 Å². The SMILES string of the molecule is COC1(CN2C(=O)CNC2c2ccsc2)CCC1. The molecule has 1 atom stereocenters. The Morgan fingerprint density at radius 2 is 2.44 bits per heavy atom. The second-order valence-electron chi connectivity index (χ2n) is 5.10. The van der Waals surface area contributed by atoms with Crippen LogP contribution in [-0.4, -0.2) is 36.6 Å². The van der Waals surface area contributed by atoms with Gasteiger partial charge in [-0.15, -0.1) is 0 Å². The van der Waals surface area contributed by atoms with Crippen molar-refractivity contribution in [1.29, 1.82) is 0 Å². The molecule has 1 saturated carbocycles. The summed E-state index contributed by atoms with van der Waals surface area (Å²) in [4.78, 5) is 14.0. The molecule has 98 valence electrons. The Morgan fingerprint density at radius 1 is 1.61 bits per heavy atom. The summed E-state index contributed by atoms with van der Waals surface area (Å²) in [5.74, 6) is 0.175. The molecule has 1 aromatic heterocycles. The molecular weight excluding hydrogens is 248 g/mol. The Morgan fingerprint density at radius 3 is 3.00 bits per heavy atom. The fourth-order valence-corrected chi connectivity index (χ4v) is 3.43. The fourth-order valence-electron chi connectivity index (χ4n) is 2.76. The van der Waals surface area contributed by atoms with Crippen LogP contribution in [0.15, 0.2) is 16.8 Å². The first kappa shape index (κ1) is 12.1. The van der Waals surface area contributed by atoms with E-state index in [9.17, 15) is 4.79 Å². The maximum absolute atomic E-state index is 12.0. The lowest BCUT2D eigenvalue weighted by Crippen LogP contribution is -2.50. The molecule has 1 aliphatic carbocycles. The number of carbonyl (C=O) groups excluding carboxylic acids is 1.